The number of carbonyl (C=O) groups excluding carboxylic acids is 1. The molecule has 0 aromatic heterocycles. The number of hydrogen-bond acceptors (Lipinski definition) is 4. The molecule has 0 fully saturated rings. The van der Waals surface area contributed by atoms with Crippen LogP contribution in [0, 0.1) is 5.92 Å². The Hall–Kier alpha value is -1.39. The van der Waals surface area contributed by atoms with Gasteiger partial charge in [-0.15, -0.1) is 0 Å². The number of benzene rings is 1. The molecule has 0 saturated carbocycles. The van der Waals surface area contributed by atoms with E-state index in [1.54, 1.807) is 6.07 Å². The zero-order valence-corrected chi connectivity index (χ0v) is 9.69. The van der Waals surface area contributed by atoms with Crippen LogP contribution in [0.1, 0.15) is 17.5 Å². The Morgan fingerprint density at radius 3 is 3.06 bits per heavy atom. The Labute approximate surface area is 100 Å². The maximum Gasteiger partial charge on any atom is 0.337 e. The van der Waals surface area contributed by atoms with Gasteiger partial charge in [0.1, 0.15) is 12.4 Å². The number of ether oxygens (including phenoxy) is 1. The van der Waals surface area contributed by atoms with Crippen LogP contribution in [0.2, 0.25) is 0 Å². The summed E-state index contributed by atoms with van der Waals surface area (Å²) >= 11 is 0. The molecule has 92 valence electrons. The molecule has 1 aliphatic rings. The molecule has 0 aliphatic heterocycles. The predicted octanol–water partition coefficient (Wildman–Crippen LogP) is 0.648. The number of aliphatic hydroxyl groups excluding tert-OH is 1. The van der Waals surface area contributed by atoms with Crippen LogP contribution < -0.4 is 10.5 Å². The average Bonchev–Trinajstić information content (AvgIpc) is 2.38. The molecular formula is C13H17NO3. The summed E-state index contributed by atoms with van der Waals surface area (Å²) < 4.78 is 5.11. The fourth-order valence-corrected chi connectivity index (χ4v) is 2.30. The number of esters is 1. The lowest BCUT2D eigenvalue weighted by Crippen LogP contribution is -2.23. The van der Waals surface area contributed by atoms with E-state index >= 15 is 0 Å². The highest BCUT2D eigenvalue weighted by Gasteiger charge is 2.21. The molecule has 0 bridgehead atoms. The second-order valence-corrected chi connectivity index (χ2v) is 4.37. The zero-order valence-electron chi connectivity index (χ0n) is 9.69. The van der Waals surface area contributed by atoms with Crippen molar-refractivity contribution in [3.05, 3.63) is 29.3 Å². The summed E-state index contributed by atoms with van der Waals surface area (Å²) in [6.45, 7) is 0.106. The molecule has 2 rings (SSSR count). The number of nitrogens with two attached hydrogens (primary N) is 1. The van der Waals surface area contributed by atoms with Crippen molar-refractivity contribution < 1.29 is 14.6 Å². The molecule has 1 aromatic carbocycles. The highest BCUT2D eigenvalue weighted by Crippen LogP contribution is 2.31. The lowest BCUT2D eigenvalue weighted by molar-refractivity contribution is -0.137. The van der Waals surface area contributed by atoms with Crippen LogP contribution in [0.5, 0.6) is 5.75 Å². The first kappa shape index (κ1) is 12.1. The van der Waals surface area contributed by atoms with Gasteiger partial charge >= 0.3 is 5.97 Å². The molecule has 0 amide bonds. The zero-order chi connectivity index (χ0) is 12.3. The topological polar surface area (TPSA) is 72.5 Å². The molecule has 0 spiro atoms. The average molecular weight is 235 g/mol. The molecule has 4 heteroatoms. The summed E-state index contributed by atoms with van der Waals surface area (Å²) in [5, 5.41) is 8.69. The van der Waals surface area contributed by atoms with Crippen LogP contribution in [0.25, 0.3) is 0 Å². The van der Waals surface area contributed by atoms with Crippen molar-refractivity contribution in [2.45, 2.75) is 19.3 Å². The van der Waals surface area contributed by atoms with Crippen molar-refractivity contribution in [2.75, 3.05) is 13.2 Å². The Bertz CT molecular complexity index is 417. The summed E-state index contributed by atoms with van der Waals surface area (Å²) in [5.74, 6) is 0.489. The normalized spacial score (nSPS) is 18.6. The van der Waals surface area contributed by atoms with E-state index in [0.717, 1.165) is 24.8 Å². The van der Waals surface area contributed by atoms with Crippen LogP contribution in [-0.2, 0) is 17.6 Å². The van der Waals surface area contributed by atoms with E-state index in [-0.39, 0.29) is 0 Å². The first-order valence-corrected chi connectivity index (χ1v) is 5.87. The summed E-state index contributed by atoms with van der Waals surface area (Å²) in [4.78, 5) is 11.1. The van der Waals surface area contributed by atoms with Crippen LogP contribution in [0.15, 0.2) is 18.2 Å². The molecule has 4 nitrogen and oxygen atoms in total. The second-order valence-electron chi connectivity index (χ2n) is 4.37. The highest BCUT2D eigenvalue weighted by molar-refractivity contribution is 5.73. The lowest BCUT2D eigenvalue weighted by atomic mass is 9.83. The second kappa shape index (κ2) is 5.29. The van der Waals surface area contributed by atoms with E-state index in [0.29, 0.717) is 18.2 Å². The van der Waals surface area contributed by atoms with Crippen molar-refractivity contribution in [3.8, 4) is 5.75 Å². The molecule has 1 aromatic rings. The van der Waals surface area contributed by atoms with Crippen molar-refractivity contribution in [3.63, 3.8) is 0 Å². The first-order valence-electron chi connectivity index (χ1n) is 5.87. The number of rotatable bonds is 3. The number of carbonyl (C=O) groups is 1. The molecule has 1 unspecified atom stereocenters. The van der Waals surface area contributed by atoms with Crippen LogP contribution in [0.4, 0.5) is 0 Å². The van der Waals surface area contributed by atoms with Gasteiger partial charge < -0.3 is 15.6 Å². The highest BCUT2D eigenvalue weighted by atomic mass is 16.5. The lowest BCUT2D eigenvalue weighted by Gasteiger charge is -2.24. The van der Waals surface area contributed by atoms with E-state index in [2.05, 4.69) is 0 Å². The van der Waals surface area contributed by atoms with Crippen molar-refractivity contribution >= 4 is 5.97 Å². The van der Waals surface area contributed by atoms with Gasteiger partial charge in [0.25, 0.3) is 0 Å². The first-order chi connectivity index (χ1) is 8.24. The summed E-state index contributed by atoms with van der Waals surface area (Å²) in [6.07, 6.45) is 2.85. The standard InChI is InChI=1S/C13H17NO3/c14-7-9-4-5-11-10(6-9)2-1-3-12(11)17-13(16)8-15/h1-3,9,15H,4-8,14H2. The minimum Gasteiger partial charge on any atom is -0.425 e. The molecule has 3 N–H and O–H groups in total. The number of aliphatic hydroxyl groups is 1. The van der Waals surface area contributed by atoms with E-state index in [4.69, 9.17) is 15.6 Å². The third kappa shape index (κ3) is 2.65. The van der Waals surface area contributed by atoms with Gasteiger partial charge in [-0.05, 0) is 48.9 Å². The van der Waals surface area contributed by atoms with Gasteiger partial charge in [-0.2, -0.15) is 0 Å². The number of fused-ring (bicyclic) bond motifs is 1. The maximum atomic E-state index is 11.1. The fraction of sp³-hybridized carbons (Fsp3) is 0.462. The summed E-state index contributed by atoms with van der Waals surface area (Å²) in [6, 6.07) is 5.69. The molecule has 0 radical (unpaired) electrons. The van der Waals surface area contributed by atoms with Gasteiger partial charge in [0.05, 0.1) is 0 Å². The smallest absolute Gasteiger partial charge is 0.337 e. The van der Waals surface area contributed by atoms with Gasteiger partial charge in [-0.3, -0.25) is 0 Å². The molecule has 1 aliphatic carbocycles. The van der Waals surface area contributed by atoms with Crippen molar-refractivity contribution in [1.82, 2.24) is 0 Å². The molecular weight excluding hydrogens is 218 g/mol. The van der Waals surface area contributed by atoms with Gasteiger partial charge in [-0.25, -0.2) is 4.79 Å². The minimum absolute atomic E-state index is 0.520. The largest absolute Gasteiger partial charge is 0.425 e. The summed E-state index contributed by atoms with van der Waals surface area (Å²) in [5.41, 5.74) is 7.97. The third-order valence-corrected chi connectivity index (χ3v) is 3.23. The van der Waals surface area contributed by atoms with Gasteiger partial charge in [0, 0.05) is 0 Å². The number of hydrogen-bond donors (Lipinski definition) is 2. The van der Waals surface area contributed by atoms with Crippen molar-refractivity contribution in [1.29, 1.82) is 0 Å². The third-order valence-electron chi connectivity index (χ3n) is 3.23. The molecule has 1 atom stereocenters. The van der Waals surface area contributed by atoms with Gasteiger partial charge in [0.2, 0.25) is 0 Å². The van der Waals surface area contributed by atoms with Crippen molar-refractivity contribution in [2.24, 2.45) is 11.7 Å². The predicted molar refractivity (Wildman–Crippen MR) is 63.7 cm³/mol. The quantitative estimate of drug-likeness (QED) is 0.596. The van der Waals surface area contributed by atoms with Crippen LogP contribution in [0.3, 0.4) is 0 Å². The SMILES string of the molecule is NCC1CCc2c(cccc2OC(=O)CO)C1. The Balaban J connectivity index is 2.22. The van der Waals surface area contributed by atoms with E-state index in [1.807, 2.05) is 12.1 Å². The summed E-state index contributed by atoms with van der Waals surface area (Å²) in [7, 11) is 0. The van der Waals surface area contributed by atoms with Gasteiger partial charge in [0.15, 0.2) is 0 Å². The maximum absolute atomic E-state index is 11.1. The Kier molecular flexibility index (Phi) is 3.76. The molecule has 0 saturated heterocycles. The fourth-order valence-electron chi connectivity index (χ4n) is 2.30. The van der Waals surface area contributed by atoms with E-state index < -0.39 is 12.6 Å². The molecule has 0 heterocycles. The minimum atomic E-state index is -0.612. The molecule has 17 heavy (non-hydrogen) atoms. The Morgan fingerprint density at radius 2 is 2.35 bits per heavy atom. The van der Waals surface area contributed by atoms with Crippen LogP contribution in [-0.4, -0.2) is 24.2 Å². The van der Waals surface area contributed by atoms with Crippen LogP contribution >= 0.6 is 0 Å². The van der Waals surface area contributed by atoms with E-state index in [9.17, 15) is 4.79 Å². The Morgan fingerprint density at radius 1 is 1.53 bits per heavy atom. The van der Waals surface area contributed by atoms with Gasteiger partial charge in [-0.1, -0.05) is 12.1 Å². The monoisotopic (exact) mass is 235 g/mol. The van der Waals surface area contributed by atoms with E-state index in [1.165, 1.54) is 5.56 Å².